The number of carbonyl (C=O) groups excluding carboxylic acids is 1. The van der Waals surface area contributed by atoms with Crippen LogP contribution in [0.25, 0.3) is 0 Å². The number of amides is 1. The summed E-state index contributed by atoms with van der Waals surface area (Å²) in [5.41, 5.74) is 0. The Labute approximate surface area is 88.7 Å². The molecule has 0 saturated carbocycles. The van der Waals surface area contributed by atoms with Gasteiger partial charge in [0, 0.05) is 6.54 Å². The van der Waals surface area contributed by atoms with Gasteiger partial charge in [-0.05, 0) is 18.8 Å². The van der Waals surface area contributed by atoms with E-state index in [4.69, 9.17) is 5.11 Å². The summed E-state index contributed by atoms with van der Waals surface area (Å²) in [5.74, 6) is -1.64. The fraction of sp³-hybridized carbons (Fsp3) is 0.800. The van der Waals surface area contributed by atoms with Gasteiger partial charge >= 0.3 is 5.97 Å². The summed E-state index contributed by atoms with van der Waals surface area (Å²) < 4.78 is 0. The number of carboxylic acid groups (broad SMARTS) is 1. The molecule has 0 spiro atoms. The first-order valence-corrected chi connectivity index (χ1v) is 5.16. The minimum absolute atomic E-state index is 0.187. The molecule has 1 heterocycles. The van der Waals surface area contributed by atoms with E-state index in [1.54, 1.807) is 13.8 Å². The van der Waals surface area contributed by atoms with Crippen molar-refractivity contribution < 1.29 is 19.8 Å². The molecule has 2 N–H and O–H groups in total. The van der Waals surface area contributed by atoms with E-state index in [2.05, 4.69) is 0 Å². The Morgan fingerprint density at radius 3 is 2.47 bits per heavy atom. The highest BCUT2D eigenvalue weighted by atomic mass is 16.4. The Morgan fingerprint density at radius 2 is 2.00 bits per heavy atom. The number of likely N-dealkylation sites (tertiary alicyclic amines) is 1. The van der Waals surface area contributed by atoms with E-state index in [1.165, 1.54) is 4.90 Å². The van der Waals surface area contributed by atoms with Crippen LogP contribution in [0.1, 0.15) is 26.7 Å². The van der Waals surface area contributed by atoms with Gasteiger partial charge in [0.1, 0.15) is 12.1 Å². The summed E-state index contributed by atoms with van der Waals surface area (Å²) in [6, 6.07) is -0.758. The zero-order valence-electron chi connectivity index (χ0n) is 9.01. The normalized spacial score (nSPS) is 23.2. The Kier molecular flexibility index (Phi) is 3.68. The van der Waals surface area contributed by atoms with Crippen molar-refractivity contribution in [3.63, 3.8) is 0 Å². The van der Waals surface area contributed by atoms with Gasteiger partial charge < -0.3 is 15.1 Å². The molecule has 5 nitrogen and oxygen atoms in total. The van der Waals surface area contributed by atoms with Crippen LogP contribution in [0.5, 0.6) is 0 Å². The van der Waals surface area contributed by atoms with Crippen molar-refractivity contribution in [2.75, 3.05) is 6.54 Å². The molecule has 0 aromatic heterocycles. The average molecular weight is 215 g/mol. The number of carbonyl (C=O) groups is 2. The summed E-state index contributed by atoms with van der Waals surface area (Å²) in [6.07, 6.45) is 0.0734. The topological polar surface area (TPSA) is 77.8 Å². The van der Waals surface area contributed by atoms with Crippen LogP contribution in [0.3, 0.4) is 0 Å². The molecular weight excluding hydrogens is 198 g/mol. The number of aliphatic hydroxyl groups excluding tert-OH is 1. The molecule has 1 rings (SSSR count). The maximum absolute atomic E-state index is 11.7. The van der Waals surface area contributed by atoms with E-state index >= 15 is 0 Å². The van der Waals surface area contributed by atoms with Gasteiger partial charge in [0.2, 0.25) is 0 Å². The van der Waals surface area contributed by atoms with Crippen molar-refractivity contribution in [3.05, 3.63) is 0 Å². The Bertz CT molecular complexity index is 264. The van der Waals surface area contributed by atoms with E-state index in [0.717, 1.165) is 0 Å². The first-order valence-electron chi connectivity index (χ1n) is 5.16. The standard InChI is InChI=1S/C10H17NO4/c1-6(2)8(12)9(13)11-5-3-4-7(11)10(14)15/h6-8,12H,3-5H2,1-2H3,(H,14,15)/t7-,8?/m0/s1. The molecule has 0 bridgehead atoms. The van der Waals surface area contributed by atoms with Crippen LogP contribution in [0.15, 0.2) is 0 Å². The smallest absolute Gasteiger partial charge is 0.326 e. The number of rotatable bonds is 3. The highest BCUT2D eigenvalue weighted by Gasteiger charge is 2.37. The summed E-state index contributed by atoms with van der Waals surface area (Å²) in [5, 5.41) is 18.4. The molecule has 0 aliphatic carbocycles. The molecule has 1 amide bonds. The number of aliphatic hydroxyl groups is 1. The fourth-order valence-corrected chi connectivity index (χ4v) is 1.74. The quantitative estimate of drug-likeness (QED) is 0.698. The van der Waals surface area contributed by atoms with E-state index < -0.39 is 24.0 Å². The van der Waals surface area contributed by atoms with Gasteiger partial charge in [-0.3, -0.25) is 4.79 Å². The fourth-order valence-electron chi connectivity index (χ4n) is 1.74. The van der Waals surface area contributed by atoms with Gasteiger partial charge in [0.25, 0.3) is 5.91 Å². The van der Waals surface area contributed by atoms with E-state index in [-0.39, 0.29) is 5.92 Å². The zero-order valence-corrected chi connectivity index (χ0v) is 9.01. The Morgan fingerprint density at radius 1 is 1.40 bits per heavy atom. The number of hydrogen-bond donors (Lipinski definition) is 2. The maximum atomic E-state index is 11.7. The number of aliphatic carboxylic acids is 1. The van der Waals surface area contributed by atoms with Crippen LogP contribution >= 0.6 is 0 Å². The number of carboxylic acids is 1. The molecule has 1 unspecified atom stereocenters. The molecule has 1 fully saturated rings. The van der Waals surface area contributed by atoms with Gasteiger partial charge in [0.05, 0.1) is 0 Å². The largest absolute Gasteiger partial charge is 0.480 e. The first-order chi connectivity index (χ1) is 6.95. The van der Waals surface area contributed by atoms with Gasteiger partial charge in [-0.25, -0.2) is 4.79 Å². The molecule has 86 valence electrons. The monoisotopic (exact) mass is 215 g/mol. The lowest BCUT2D eigenvalue weighted by Crippen LogP contribution is -2.46. The average Bonchev–Trinajstić information content (AvgIpc) is 2.63. The second kappa shape index (κ2) is 4.61. The molecule has 15 heavy (non-hydrogen) atoms. The second-order valence-electron chi connectivity index (χ2n) is 4.22. The molecule has 1 saturated heterocycles. The van der Waals surface area contributed by atoms with Crippen molar-refractivity contribution in [3.8, 4) is 0 Å². The number of nitrogens with zero attached hydrogens (tertiary/aromatic N) is 1. The zero-order chi connectivity index (χ0) is 11.6. The lowest BCUT2D eigenvalue weighted by molar-refractivity contribution is -0.153. The third kappa shape index (κ3) is 2.47. The van der Waals surface area contributed by atoms with Crippen LogP contribution in [-0.4, -0.2) is 45.7 Å². The summed E-state index contributed by atoms with van der Waals surface area (Å²) in [6.45, 7) is 3.89. The van der Waals surface area contributed by atoms with Crippen LogP contribution in [0.4, 0.5) is 0 Å². The second-order valence-corrected chi connectivity index (χ2v) is 4.22. The highest BCUT2D eigenvalue weighted by Crippen LogP contribution is 2.19. The van der Waals surface area contributed by atoms with Crippen LogP contribution < -0.4 is 0 Å². The predicted molar refractivity (Wildman–Crippen MR) is 53.2 cm³/mol. The third-order valence-corrected chi connectivity index (χ3v) is 2.71. The van der Waals surface area contributed by atoms with E-state index in [0.29, 0.717) is 19.4 Å². The third-order valence-electron chi connectivity index (χ3n) is 2.71. The maximum Gasteiger partial charge on any atom is 0.326 e. The van der Waals surface area contributed by atoms with Crippen LogP contribution in [0.2, 0.25) is 0 Å². The molecule has 1 aliphatic rings. The molecule has 0 aromatic rings. The summed E-state index contributed by atoms with van der Waals surface area (Å²) in [4.78, 5) is 23.8. The Balaban J connectivity index is 2.70. The minimum Gasteiger partial charge on any atom is -0.480 e. The Hall–Kier alpha value is -1.10. The molecule has 0 radical (unpaired) electrons. The van der Waals surface area contributed by atoms with Gasteiger partial charge in [-0.2, -0.15) is 0 Å². The van der Waals surface area contributed by atoms with Gasteiger partial charge in [-0.1, -0.05) is 13.8 Å². The van der Waals surface area contributed by atoms with Crippen molar-refractivity contribution in [2.24, 2.45) is 5.92 Å². The van der Waals surface area contributed by atoms with Crippen molar-refractivity contribution in [1.82, 2.24) is 4.90 Å². The lowest BCUT2D eigenvalue weighted by Gasteiger charge is -2.25. The van der Waals surface area contributed by atoms with E-state index in [1.807, 2.05) is 0 Å². The van der Waals surface area contributed by atoms with Crippen molar-refractivity contribution in [1.29, 1.82) is 0 Å². The molecule has 5 heteroatoms. The van der Waals surface area contributed by atoms with Crippen LogP contribution in [0, 0.1) is 5.92 Å². The minimum atomic E-state index is -1.09. The van der Waals surface area contributed by atoms with Gasteiger partial charge in [0.15, 0.2) is 0 Å². The molecule has 0 aromatic carbocycles. The van der Waals surface area contributed by atoms with E-state index in [9.17, 15) is 14.7 Å². The highest BCUT2D eigenvalue weighted by molar-refractivity contribution is 5.86. The molecule has 2 atom stereocenters. The predicted octanol–water partition coefficient (Wildman–Crippen LogP) is 0.0789. The van der Waals surface area contributed by atoms with Crippen LogP contribution in [-0.2, 0) is 9.59 Å². The molecular formula is C10H17NO4. The summed E-state index contributed by atoms with van der Waals surface area (Å²) in [7, 11) is 0. The van der Waals surface area contributed by atoms with Gasteiger partial charge in [-0.15, -0.1) is 0 Å². The molecule has 1 aliphatic heterocycles. The lowest BCUT2D eigenvalue weighted by atomic mass is 10.1. The summed E-state index contributed by atoms with van der Waals surface area (Å²) >= 11 is 0. The van der Waals surface area contributed by atoms with Crippen molar-refractivity contribution >= 4 is 11.9 Å². The SMILES string of the molecule is CC(C)C(O)C(=O)N1CCC[C@H]1C(=O)O. The van der Waals surface area contributed by atoms with Crippen molar-refractivity contribution in [2.45, 2.75) is 38.8 Å². The number of hydrogen-bond acceptors (Lipinski definition) is 3. The first kappa shape index (κ1) is 12.0.